The van der Waals surface area contributed by atoms with Crippen LogP contribution in [0.4, 0.5) is 0 Å². The van der Waals surface area contributed by atoms with E-state index in [1.54, 1.807) is 13.0 Å². The van der Waals surface area contributed by atoms with E-state index in [4.69, 9.17) is 0 Å². The van der Waals surface area contributed by atoms with Gasteiger partial charge in [0.15, 0.2) is 11.6 Å². The summed E-state index contributed by atoms with van der Waals surface area (Å²) in [5, 5.41) is 12.9. The smallest absolute Gasteiger partial charge is 0.234 e. The molecule has 1 heterocycles. The van der Waals surface area contributed by atoms with Gasteiger partial charge in [-0.2, -0.15) is 0 Å². The Morgan fingerprint density at radius 3 is 2.42 bits per heavy atom. The van der Waals surface area contributed by atoms with E-state index >= 15 is 0 Å². The molecule has 0 radical (unpaired) electrons. The maximum Gasteiger partial charge on any atom is 0.234 e. The molecular formula is C34H27NO5. The molecule has 0 spiro atoms. The molecule has 0 unspecified atom stereocenters. The summed E-state index contributed by atoms with van der Waals surface area (Å²) in [7, 11) is 0. The molecule has 6 heteroatoms. The zero-order valence-corrected chi connectivity index (χ0v) is 22.0. The molecule has 1 saturated heterocycles. The van der Waals surface area contributed by atoms with E-state index in [0.29, 0.717) is 28.7 Å². The Morgan fingerprint density at radius 2 is 1.62 bits per heavy atom. The van der Waals surface area contributed by atoms with E-state index < -0.39 is 23.7 Å². The maximum absolute atomic E-state index is 13.9. The topological polar surface area (TPSA) is 91.8 Å². The molecule has 3 aromatic rings. The van der Waals surface area contributed by atoms with Crippen molar-refractivity contribution in [1.82, 2.24) is 4.90 Å². The number of nitrogens with zero attached hydrogens (tertiary/aromatic N) is 1. The van der Waals surface area contributed by atoms with Crippen molar-refractivity contribution < 1.29 is 24.3 Å². The molecule has 0 saturated carbocycles. The Hall–Kier alpha value is -4.58. The lowest BCUT2D eigenvalue weighted by molar-refractivity contribution is -0.140. The Balaban J connectivity index is 1.39. The summed E-state index contributed by atoms with van der Waals surface area (Å²) in [6.45, 7) is 1.84. The molecule has 198 valence electrons. The van der Waals surface area contributed by atoms with Crippen molar-refractivity contribution in [3.63, 3.8) is 0 Å². The van der Waals surface area contributed by atoms with Crippen LogP contribution < -0.4 is 0 Å². The van der Waals surface area contributed by atoms with Gasteiger partial charge in [-0.1, -0.05) is 72.3 Å². The number of phenolic OH excluding ortho intramolecular Hbond substituents is 1. The van der Waals surface area contributed by atoms with Crippen LogP contribution in [0.3, 0.4) is 0 Å². The number of imide groups is 1. The lowest BCUT2D eigenvalue weighted by Crippen LogP contribution is -2.39. The Kier molecular flexibility index (Phi) is 5.49. The van der Waals surface area contributed by atoms with Crippen LogP contribution in [0.1, 0.15) is 36.8 Å². The molecule has 4 atom stereocenters. The molecule has 40 heavy (non-hydrogen) atoms. The number of ketones is 2. The average molecular weight is 530 g/mol. The molecule has 1 fully saturated rings. The van der Waals surface area contributed by atoms with Crippen LogP contribution in [-0.2, 0) is 25.7 Å². The van der Waals surface area contributed by atoms with Gasteiger partial charge in [-0.15, -0.1) is 0 Å². The summed E-state index contributed by atoms with van der Waals surface area (Å²) in [6, 6.07) is 20.5. The lowest BCUT2D eigenvalue weighted by atomic mass is 9.59. The SMILES string of the molecule is CC1=CC(=O)C2=C(C1=O)[C@@H](c1c(O)ccc3ccccc13)C1=CC[C@@H]3C(=O)N(Cc4ccccc4)C(=O)[C@@H]3[C@@H]1C2. The molecule has 3 aliphatic carbocycles. The number of carbonyl (C=O) groups excluding carboxylic acids is 4. The number of benzene rings is 3. The average Bonchev–Trinajstić information content (AvgIpc) is 3.20. The highest BCUT2D eigenvalue weighted by molar-refractivity contribution is 6.24. The summed E-state index contributed by atoms with van der Waals surface area (Å²) < 4.78 is 0. The van der Waals surface area contributed by atoms with Gasteiger partial charge < -0.3 is 5.11 Å². The summed E-state index contributed by atoms with van der Waals surface area (Å²) >= 11 is 0. The number of fused-ring (bicyclic) bond motifs is 4. The van der Waals surface area contributed by atoms with E-state index in [1.165, 1.54) is 11.0 Å². The van der Waals surface area contributed by atoms with Crippen molar-refractivity contribution in [2.24, 2.45) is 17.8 Å². The number of carbonyl (C=O) groups is 4. The number of phenols is 1. The van der Waals surface area contributed by atoms with Crippen LogP contribution in [0.2, 0.25) is 0 Å². The molecule has 3 aromatic carbocycles. The van der Waals surface area contributed by atoms with Crippen LogP contribution in [0.25, 0.3) is 10.8 Å². The van der Waals surface area contributed by atoms with Gasteiger partial charge in [0.25, 0.3) is 0 Å². The maximum atomic E-state index is 13.9. The minimum absolute atomic E-state index is 0.0335. The molecule has 1 aliphatic heterocycles. The third kappa shape index (κ3) is 3.48. The fourth-order valence-corrected chi connectivity index (χ4v) is 7.27. The summed E-state index contributed by atoms with van der Waals surface area (Å²) in [6.07, 6.45) is 3.95. The van der Waals surface area contributed by atoms with Crippen LogP contribution in [0.5, 0.6) is 5.75 Å². The van der Waals surface area contributed by atoms with Gasteiger partial charge in [0.2, 0.25) is 11.8 Å². The number of Topliss-reactive ketones (excluding diaryl/α,β-unsaturated/α-hetero) is 1. The van der Waals surface area contributed by atoms with Crippen molar-refractivity contribution in [1.29, 1.82) is 0 Å². The van der Waals surface area contributed by atoms with Crippen molar-refractivity contribution >= 4 is 34.2 Å². The number of allylic oxidation sites excluding steroid dienone is 6. The molecule has 2 amide bonds. The first-order valence-electron chi connectivity index (χ1n) is 13.6. The predicted octanol–water partition coefficient (Wildman–Crippen LogP) is 5.18. The van der Waals surface area contributed by atoms with Gasteiger partial charge in [-0.25, -0.2) is 0 Å². The summed E-state index contributed by atoms with van der Waals surface area (Å²) in [5.74, 6) is -3.11. The standard InChI is InChI=1S/C34H27NO5/c1-18-15-27(37)25-16-24-22(12-13-23-28(24)34(40)35(33(23)39)17-19-7-3-2-4-8-19)30(31(25)32(18)38)29-21-10-6-5-9-20(21)11-14-26(29)36/h2-12,14-15,23-24,28,30,36H,13,16-17H2,1H3/t23-,24+,28-,30+/m0/s1. The van der Waals surface area contributed by atoms with E-state index in [1.807, 2.05) is 66.7 Å². The van der Waals surface area contributed by atoms with Crippen LogP contribution in [-0.4, -0.2) is 33.4 Å². The zero-order chi connectivity index (χ0) is 27.7. The van der Waals surface area contributed by atoms with E-state index in [9.17, 15) is 24.3 Å². The minimum Gasteiger partial charge on any atom is -0.508 e. The molecule has 1 N–H and O–H groups in total. The molecule has 0 aromatic heterocycles. The second-order valence-electron chi connectivity index (χ2n) is 11.2. The third-order valence-electron chi connectivity index (χ3n) is 9.08. The Labute approximate surface area is 231 Å². The first-order chi connectivity index (χ1) is 19.3. The Bertz CT molecular complexity index is 1740. The number of amides is 2. The van der Waals surface area contributed by atoms with Crippen LogP contribution in [0.15, 0.2) is 101 Å². The van der Waals surface area contributed by atoms with Crippen molar-refractivity contribution in [2.75, 3.05) is 0 Å². The number of aromatic hydroxyl groups is 1. The van der Waals surface area contributed by atoms with Crippen molar-refractivity contribution in [2.45, 2.75) is 32.2 Å². The normalized spacial score (nSPS) is 26.0. The second kappa shape index (κ2) is 8.98. The molecule has 6 nitrogen and oxygen atoms in total. The van der Waals surface area contributed by atoms with Crippen molar-refractivity contribution in [3.05, 3.63) is 112 Å². The first-order valence-corrected chi connectivity index (χ1v) is 13.6. The fourth-order valence-electron chi connectivity index (χ4n) is 7.27. The van der Waals surface area contributed by atoms with Gasteiger partial charge in [0.1, 0.15) is 5.75 Å². The third-order valence-corrected chi connectivity index (χ3v) is 9.08. The highest BCUT2D eigenvalue weighted by Crippen LogP contribution is 2.57. The largest absolute Gasteiger partial charge is 0.508 e. The fraction of sp³-hybridized carbons (Fsp3) is 0.235. The monoisotopic (exact) mass is 529 g/mol. The van der Waals surface area contributed by atoms with Crippen LogP contribution in [0, 0.1) is 17.8 Å². The number of hydrogen-bond donors (Lipinski definition) is 1. The highest BCUT2D eigenvalue weighted by Gasteiger charge is 2.56. The molecular weight excluding hydrogens is 502 g/mol. The minimum atomic E-state index is -0.688. The quantitative estimate of drug-likeness (QED) is 0.287. The Morgan fingerprint density at radius 1 is 0.875 bits per heavy atom. The zero-order valence-electron chi connectivity index (χ0n) is 22.0. The van der Waals surface area contributed by atoms with E-state index in [2.05, 4.69) is 0 Å². The number of likely N-dealkylation sites (tertiary alicyclic amines) is 1. The van der Waals surface area contributed by atoms with E-state index in [0.717, 1.165) is 21.9 Å². The molecule has 7 rings (SSSR count). The predicted molar refractivity (Wildman–Crippen MR) is 149 cm³/mol. The second-order valence-corrected chi connectivity index (χ2v) is 11.2. The summed E-state index contributed by atoms with van der Waals surface area (Å²) in [4.78, 5) is 55.9. The van der Waals surface area contributed by atoms with Gasteiger partial charge in [-0.05, 0) is 54.2 Å². The van der Waals surface area contributed by atoms with Gasteiger partial charge in [0.05, 0.1) is 18.4 Å². The number of rotatable bonds is 3. The van der Waals surface area contributed by atoms with Crippen LogP contribution >= 0.6 is 0 Å². The summed E-state index contributed by atoms with van der Waals surface area (Å²) in [5.41, 5.74) is 3.41. The molecule has 0 bridgehead atoms. The van der Waals surface area contributed by atoms with Crippen molar-refractivity contribution in [3.8, 4) is 5.75 Å². The molecule has 4 aliphatic rings. The van der Waals surface area contributed by atoms with E-state index in [-0.39, 0.29) is 42.1 Å². The van der Waals surface area contributed by atoms with Gasteiger partial charge >= 0.3 is 0 Å². The highest BCUT2D eigenvalue weighted by atomic mass is 16.3. The number of hydrogen-bond acceptors (Lipinski definition) is 5. The van der Waals surface area contributed by atoms with Gasteiger partial charge in [-0.3, -0.25) is 24.1 Å². The van der Waals surface area contributed by atoms with Gasteiger partial charge in [0, 0.05) is 28.2 Å². The first kappa shape index (κ1) is 24.5. The lowest BCUT2D eigenvalue weighted by Gasteiger charge is -2.42.